The molecule has 3 rings (SSSR count). The number of halogens is 1. The van der Waals surface area contributed by atoms with Crippen LogP contribution in [0.25, 0.3) is 0 Å². The number of nitrogens with zero attached hydrogens (tertiary/aromatic N) is 2. The maximum atomic E-state index is 14.6. The van der Waals surface area contributed by atoms with Crippen LogP contribution in [0.2, 0.25) is 0 Å². The number of carbonyl (C=O) groups is 1. The number of carbonyl (C=O) groups excluding carboxylic acids is 1. The van der Waals surface area contributed by atoms with Gasteiger partial charge in [0.25, 0.3) is 5.91 Å². The molecule has 1 aromatic heterocycles. The Kier molecular flexibility index (Phi) is 6.57. The van der Waals surface area contributed by atoms with Crippen LogP contribution in [0.3, 0.4) is 0 Å². The van der Waals surface area contributed by atoms with Gasteiger partial charge in [-0.05, 0) is 31.2 Å². The summed E-state index contributed by atoms with van der Waals surface area (Å²) in [7, 11) is 1.48. The minimum Gasteiger partial charge on any atom is -0.481 e. The molecule has 0 spiro atoms. The minimum absolute atomic E-state index is 0.131. The van der Waals surface area contributed by atoms with E-state index in [1.165, 1.54) is 30.3 Å². The number of thiocarbonyl (C=S) groups is 1. The van der Waals surface area contributed by atoms with Crippen molar-refractivity contribution in [1.29, 1.82) is 0 Å². The fourth-order valence-corrected chi connectivity index (χ4v) is 2.92. The lowest BCUT2D eigenvalue weighted by Gasteiger charge is -2.20. The van der Waals surface area contributed by atoms with Gasteiger partial charge in [-0.2, -0.15) is 0 Å². The van der Waals surface area contributed by atoms with Crippen LogP contribution in [0.4, 0.5) is 15.8 Å². The lowest BCUT2D eigenvalue weighted by Crippen LogP contribution is -2.33. The van der Waals surface area contributed by atoms with Crippen LogP contribution in [0, 0.1) is 5.82 Å². The number of pyridine rings is 1. The van der Waals surface area contributed by atoms with E-state index in [0.29, 0.717) is 35.3 Å². The van der Waals surface area contributed by atoms with E-state index in [1.54, 1.807) is 25.1 Å². The molecule has 10 heteroatoms. The quantitative estimate of drug-likeness (QED) is 0.610. The van der Waals surface area contributed by atoms with Gasteiger partial charge in [-0.3, -0.25) is 4.79 Å². The molecule has 1 amide bonds. The Balaban J connectivity index is 1.67. The lowest BCUT2D eigenvalue weighted by molar-refractivity contribution is -0.0864. The van der Waals surface area contributed by atoms with E-state index in [2.05, 4.69) is 15.6 Å². The predicted octanol–water partition coefficient (Wildman–Crippen LogP) is 1.90. The van der Waals surface area contributed by atoms with E-state index in [9.17, 15) is 14.3 Å². The number of hydrogen-bond acceptors (Lipinski definition) is 7. The summed E-state index contributed by atoms with van der Waals surface area (Å²) in [6.07, 6.45) is -0.106. The van der Waals surface area contributed by atoms with E-state index < -0.39 is 18.1 Å². The molecule has 2 heterocycles. The van der Waals surface area contributed by atoms with Crippen molar-refractivity contribution in [3.63, 3.8) is 0 Å². The Morgan fingerprint density at radius 1 is 1.45 bits per heavy atom. The van der Waals surface area contributed by atoms with E-state index in [0.717, 1.165) is 0 Å². The van der Waals surface area contributed by atoms with Gasteiger partial charge in [0, 0.05) is 18.3 Å². The van der Waals surface area contributed by atoms with Crippen molar-refractivity contribution in [2.75, 3.05) is 30.4 Å². The van der Waals surface area contributed by atoms with Crippen molar-refractivity contribution in [1.82, 2.24) is 10.3 Å². The largest absolute Gasteiger partial charge is 0.481 e. The van der Waals surface area contributed by atoms with E-state index in [1.807, 2.05) is 0 Å². The first-order valence-corrected chi connectivity index (χ1v) is 9.23. The Morgan fingerprint density at radius 2 is 2.24 bits per heavy atom. The highest BCUT2D eigenvalue weighted by atomic mass is 32.1. The molecule has 0 radical (unpaired) electrons. The number of amides is 1. The number of rotatable bonds is 6. The zero-order chi connectivity index (χ0) is 21.0. The van der Waals surface area contributed by atoms with Gasteiger partial charge >= 0.3 is 0 Å². The summed E-state index contributed by atoms with van der Waals surface area (Å²) < 4.78 is 25.0. The van der Waals surface area contributed by atoms with Crippen LogP contribution in [0.15, 0.2) is 36.5 Å². The summed E-state index contributed by atoms with van der Waals surface area (Å²) in [4.78, 5) is 18.5. The van der Waals surface area contributed by atoms with Crippen molar-refractivity contribution in [2.24, 2.45) is 0 Å². The summed E-state index contributed by atoms with van der Waals surface area (Å²) in [5.74, 6) is -0.929. The molecule has 1 aliphatic rings. The van der Waals surface area contributed by atoms with Gasteiger partial charge in [0.05, 0.1) is 42.2 Å². The smallest absolute Gasteiger partial charge is 0.258 e. The first-order valence-electron chi connectivity index (χ1n) is 8.83. The van der Waals surface area contributed by atoms with Crippen molar-refractivity contribution in [3.05, 3.63) is 47.9 Å². The number of methoxy groups -OCH3 is 1. The number of benzene rings is 1. The highest BCUT2D eigenvalue weighted by Crippen LogP contribution is 2.26. The fraction of sp³-hybridized carbons (Fsp3) is 0.316. The highest BCUT2D eigenvalue weighted by molar-refractivity contribution is 7.80. The number of ether oxygens (including phenoxy) is 2. The molecule has 0 aliphatic carbocycles. The van der Waals surface area contributed by atoms with Crippen LogP contribution in [0.5, 0.6) is 5.88 Å². The second kappa shape index (κ2) is 9.12. The minimum atomic E-state index is -1.21. The monoisotopic (exact) mass is 420 g/mol. The molecule has 0 bridgehead atoms. The number of nitrogens with one attached hydrogen (secondary N) is 2. The number of aliphatic hydroxyl groups is 1. The van der Waals surface area contributed by atoms with E-state index in [-0.39, 0.29) is 11.7 Å². The highest BCUT2D eigenvalue weighted by Gasteiger charge is 2.32. The fourth-order valence-electron chi connectivity index (χ4n) is 2.84. The molecular formula is C19H21FN4O4S. The summed E-state index contributed by atoms with van der Waals surface area (Å²) in [6, 6.07) is 7.28. The van der Waals surface area contributed by atoms with Crippen LogP contribution < -0.4 is 20.3 Å². The average Bonchev–Trinajstić information content (AvgIpc) is 3.07. The van der Waals surface area contributed by atoms with Gasteiger partial charge in [0.15, 0.2) is 0 Å². The standard InChI is InChI=1S/C19H21FN4O4S/c1-11(29)21-9-14-10-24(19(26)28-14)13-4-5-15(16(20)7-13)18(25)23-12-3-6-17(27-2)22-8-12/h3-8,14,19,26H,9-10H2,1-2H3,(H,21,29)(H,23,25)/t14-,19?/m0/s1. The first-order chi connectivity index (χ1) is 13.9. The molecule has 8 nitrogen and oxygen atoms in total. The molecule has 1 saturated heterocycles. The molecular weight excluding hydrogens is 399 g/mol. The molecule has 2 atom stereocenters. The van der Waals surface area contributed by atoms with Gasteiger partial charge in [-0.15, -0.1) is 0 Å². The Hall–Kier alpha value is -2.82. The maximum absolute atomic E-state index is 14.6. The van der Waals surface area contributed by atoms with Crippen LogP contribution in [-0.2, 0) is 4.74 Å². The topological polar surface area (TPSA) is 96.0 Å². The van der Waals surface area contributed by atoms with Gasteiger partial charge in [-0.25, -0.2) is 9.37 Å². The molecule has 2 aromatic rings. The zero-order valence-electron chi connectivity index (χ0n) is 15.9. The third-order valence-corrected chi connectivity index (χ3v) is 4.44. The number of aliphatic hydroxyl groups excluding tert-OH is 1. The molecule has 0 saturated carbocycles. The van der Waals surface area contributed by atoms with Crippen LogP contribution in [-0.4, -0.2) is 53.7 Å². The first kappa shape index (κ1) is 20.9. The molecule has 1 unspecified atom stereocenters. The van der Waals surface area contributed by atoms with E-state index >= 15 is 0 Å². The van der Waals surface area contributed by atoms with Crippen LogP contribution >= 0.6 is 12.2 Å². The second-order valence-electron chi connectivity index (χ2n) is 6.38. The lowest BCUT2D eigenvalue weighted by atomic mass is 10.1. The normalized spacial score (nSPS) is 18.4. The second-order valence-corrected chi connectivity index (χ2v) is 6.99. The van der Waals surface area contributed by atoms with Crippen molar-refractivity contribution in [3.8, 4) is 5.88 Å². The summed E-state index contributed by atoms with van der Waals surface area (Å²) in [5, 5.41) is 15.7. The SMILES string of the molecule is COc1ccc(NC(=O)c2ccc(N3C[C@H](CNC(C)=S)OC3O)cc2F)cn1. The third kappa shape index (κ3) is 5.17. The number of hydrogen-bond donors (Lipinski definition) is 3. The summed E-state index contributed by atoms with van der Waals surface area (Å²) in [5.41, 5.74) is 0.680. The summed E-state index contributed by atoms with van der Waals surface area (Å²) >= 11 is 4.96. The van der Waals surface area contributed by atoms with Gasteiger partial charge in [0.1, 0.15) is 5.82 Å². The Morgan fingerprint density at radius 3 is 2.86 bits per heavy atom. The molecule has 29 heavy (non-hydrogen) atoms. The molecule has 1 aromatic carbocycles. The van der Waals surface area contributed by atoms with Crippen molar-refractivity contribution < 1.29 is 23.8 Å². The Labute approximate surface area is 172 Å². The number of anilines is 2. The predicted molar refractivity (Wildman–Crippen MR) is 110 cm³/mol. The van der Waals surface area contributed by atoms with Gasteiger partial charge < -0.3 is 30.1 Å². The molecule has 1 aliphatic heterocycles. The maximum Gasteiger partial charge on any atom is 0.258 e. The van der Waals surface area contributed by atoms with Crippen LogP contribution in [0.1, 0.15) is 17.3 Å². The molecule has 1 fully saturated rings. The number of aromatic nitrogens is 1. The van der Waals surface area contributed by atoms with E-state index in [4.69, 9.17) is 21.7 Å². The van der Waals surface area contributed by atoms with Crippen molar-refractivity contribution in [2.45, 2.75) is 19.4 Å². The van der Waals surface area contributed by atoms with Crippen molar-refractivity contribution >= 4 is 34.5 Å². The summed E-state index contributed by atoms with van der Waals surface area (Å²) in [6.45, 7) is 2.53. The van der Waals surface area contributed by atoms with Gasteiger partial charge in [0.2, 0.25) is 12.3 Å². The zero-order valence-corrected chi connectivity index (χ0v) is 16.7. The Bertz CT molecular complexity index is 896. The average molecular weight is 420 g/mol. The third-order valence-electron chi connectivity index (χ3n) is 4.29. The molecule has 3 N–H and O–H groups in total. The van der Waals surface area contributed by atoms with Gasteiger partial charge in [-0.1, -0.05) is 12.2 Å². The molecule has 154 valence electrons.